The van der Waals surface area contributed by atoms with E-state index in [9.17, 15) is 0 Å². The van der Waals surface area contributed by atoms with Crippen LogP contribution in [0.4, 0.5) is 0 Å². The van der Waals surface area contributed by atoms with Crippen molar-refractivity contribution in [3.05, 3.63) is 25.0 Å². The predicted octanol–water partition coefficient (Wildman–Crippen LogP) is 2.75. The van der Waals surface area contributed by atoms with Crippen LogP contribution in [-0.2, 0) is 4.74 Å². The average molecular weight is 152 g/mol. The summed E-state index contributed by atoms with van der Waals surface area (Å²) < 4.78 is 5.02. The zero-order chi connectivity index (χ0) is 8.27. The van der Waals surface area contributed by atoms with Crippen LogP contribution in [0, 0.1) is 11.8 Å². The van der Waals surface area contributed by atoms with Gasteiger partial charge in [0.25, 0.3) is 0 Å². The number of hydrogen-bond donors (Lipinski definition) is 0. The van der Waals surface area contributed by atoms with Gasteiger partial charge in [-0.25, -0.2) is 0 Å². The minimum Gasteiger partial charge on any atom is -0.502 e. The lowest BCUT2D eigenvalue weighted by Gasteiger charge is -2.11. The Bertz CT molecular complexity index is 156. The summed E-state index contributed by atoms with van der Waals surface area (Å²) in [6.07, 6.45) is 5.69. The minimum absolute atomic E-state index is 0.599. The largest absolute Gasteiger partial charge is 0.502 e. The van der Waals surface area contributed by atoms with Gasteiger partial charge >= 0.3 is 0 Å². The molecule has 0 saturated heterocycles. The normalized spacial score (nSPS) is 19.0. The molecule has 1 heteroatoms. The monoisotopic (exact) mass is 152 g/mol. The van der Waals surface area contributed by atoms with Gasteiger partial charge in [-0.1, -0.05) is 12.7 Å². The standard InChI is InChI=1S/C10H16O/c1-4-9(10-5-6-10)7-8(2)11-3/h4,9-10H,1-2,5-7H2,3H3. The summed E-state index contributed by atoms with van der Waals surface area (Å²) in [7, 11) is 1.68. The van der Waals surface area contributed by atoms with Crippen molar-refractivity contribution in [2.24, 2.45) is 11.8 Å². The Labute approximate surface area is 68.8 Å². The van der Waals surface area contributed by atoms with E-state index >= 15 is 0 Å². The number of hydrogen-bond acceptors (Lipinski definition) is 1. The van der Waals surface area contributed by atoms with E-state index in [2.05, 4.69) is 13.2 Å². The highest BCUT2D eigenvalue weighted by atomic mass is 16.5. The molecule has 0 aromatic rings. The summed E-state index contributed by atoms with van der Waals surface area (Å²) in [5.41, 5.74) is 0. The van der Waals surface area contributed by atoms with E-state index in [-0.39, 0.29) is 0 Å². The molecular weight excluding hydrogens is 136 g/mol. The van der Waals surface area contributed by atoms with Gasteiger partial charge in [0.15, 0.2) is 0 Å². The van der Waals surface area contributed by atoms with E-state index in [1.807, 2.05) is 6.08 Å². The zero-order valence-electron chi connectivity index (χ0n) is 7.18. The highest BCUT2D eigenvalue weighted by Gasteiger charge is 2.29. The third-order valence-corrected chi connectivity index (χ3v) is 2.28. The van der Waals surface area contributed by atoms with Crippen LogP contribution in [0.5, 0.6) is 0 Å². The van der Waals surface area contributed by atoms with Gasteiger partial charge in [0.2, 0.25) is 0 Å². The highest BCUT2D eigenvalue weighted by Crippen LogP contribution is 2.40. The van der Waals surface area contributed by atoms with Gasteiger partial charge in [-0.3, -0.25) is 0 Å². The number of methoxy groups -OCH3 is 1. The molecule has 0 bridgehead atoms. The van der Waals surface area contributed by atoms with Gasteiger partial charge in [0.05, 0.1) is 12.9 Å². The summed E-state index contributed by atoms with van der Waals surface area (Å²) in [5.74, 6) is 2.34. The van der Waals surface area contributed by atoms with E-state index < -0.39 is 0 Å². The Morgan fingerprint density at radius 2 is 2.36 bits per heavy atom. The molecule has 1 atom stereocenters. The van der Waals surface area contributed by atoms with Crippen LogP contribution in [-0.4, -0.2) is 7.11 Å². The van der Waals surface area contributed by atoms with Gasteiger partial charge in [0.1, 0.15) is 0 Å². The second-order valence-corrected chi connectivity index (χ2v) is 3.18. The van der Waals surface area contributed by atoms with Crippen molar-refractivity contribution in [2.45, 2.75) is 19.3 Å². The molecule has 1 saturated carbocycles. The molecule has 0 heterocycles. The molecule has 62 valence electrons. The minimum atomic E-state index is 0.599. The smallest absolute Gasteiger partial charge is 0.0889 e. The summed E-state index contributed by atoms with van der Waals surface area (Å²) in [5, 5.41) is 0. The first-order chi connectivity index (χ1) is 5.27. The fourth-order valence-electron chi connectivity index (χ4n) is 1.31. The van der Waals surface area contributed by atoms with E-state index in [0.29, 0.717) is 5.92 Å². The number of rotatable bonds is 5. The Hall–Kier alpha value is -0.720. The predicted molar refractivity (Wildman–Crippen MR) is 47.2 cm³/mol. The van der Waals surface area contributed by atoms with Crippen LogP contribution in [0.3, 0.4) is 0 Å². The quantitative estimate of drug-likeness (QED) is 0.435. The SMILES string of the molecule is C=CC(CC(=C)OC)C1CC1. The first-order valence-electron chi connectivity index (χ1n) is 4.12. The highest BCUT2D eigenvalue weighted by molar-refractivity contribution is 4.98. The van der Waals surface area contributed by atoms with Crippen LogP contribution >= 0.6 is 0 Å². The summed E-state index contributed by atoms with van der Waals surface area (Å²) in [4.78, 5) is 0. The molecule has 1 rings (SSSR count). The number of allylic oxidation sites excluding steroid dienone is 2. The van der Waals surface area contributed by atoms with Gasteiger partial charge in [-0.2, -0.15) is 0 Å². The van der Waals surface area contributed by atoms with Crippen LogP contribution in [0.1, 0.15) is 19.3 Å². The molecule has 0 amide bonds. The van der Waals surface area contributed by atoms with Crippen molar-refractivity contribution in [2.75, 3.05) is 7.11 Å². The molecule has 0 spiro atoms. The van der Waals surface area contributed by atoms with E-state index in [0.717, 1.165) is 18.1 Å². The van der Waals surface area contributed by atoms with Crippen LogP contribution < -0.4 is 0 Å². The maximum Gasteiger partial charge on any atom is 0.0889 e. The molecule has 1 aliphatic rings. The van der Waals surface area contributed by atoms with Crippen molar-refractivity contribution in [1.82, 2.24) is 0 Å². The van der Waals surface area contributed by atoms with Gasteiger partial charge in [-0.05, 0) is 24.7 Å². The summed E-state index contributed by atoms with van der Waals surface area (Å²) in [6.45, 7) is 7.61. The van der Waals surface area contributed by atoms with Crippen LogP contribution in [0.25, 0.3) is 0 Å². The van der Waals surface area contributed by atoms with Crippen molar-refractivity contribution in [1.29, 1.82) is 0 Å². The van der Waals surface area contributed by atoms with E-state index in [4.69, 9.17) is 4.74 Å². The van der Waals surface area contributed by atoms with Crippen molar-refractivity contribution < 1.29 is 4.74 Å². The average Bonchev–Trinajstić information content (AvgIpc) is 2.82. The zero-order valence-corrected chi connectivity index (χ0v) is 7.18. The van der Waals surface area contributed by atoms with Crippen LogP contribution in [0.2, 0.25) is 0 Å². The molecule has 11 heavy (non-hydrogen) atoms. The second kappa shape index (κ2) is 3.61. The Morgan fingerprint density at radius 3 is 2.73 bits per heavy atom. The van der Waals surface area contributed by atoms with Crippen molar-refractivity contribution in [3.8, 4) is 0 Å². The van der Waals surface area contributed by atoms with Crippen molar-refractivity contribution in [3.63, 3.8) is 0 Å². The van der Waals surface area contributed by atoms with Gasteiger partial charge in [-0.15, -0.1) is 6.58 Å². The molecule has 0 aromatic carbocycles. The molecule has 0 radical (unpaired) electrons. The first kappa shape index (κ1) is 8.38. The Balaban J connectivity index is 2.30. The third-order valence-electron chi connectivity index (χ3n) is 2.28. The summed E-state index contributed by atoms with van der Waals surface area (Å²) >= 11 is 0. The Morgan fingerprint density at radius 1 is 1.73 bits per heavy atom. The fraction of sp³-hybridized carbons (Fsp3) is 0.600. The summed E-state index contributed by atoms with van der Waals surface area (Å²) in [6, 6.07) is 0. The third kappa shape index (κ3) is 2.41. The van der Waals surface area contributed by atoms with Gasteiger partial charge < -0.3 is 4.74 Å². The lowest BCUT2D eigenvalue weighted by molar-refractivity contribution is 0.264. The topological polar surface area (TPSA) is 9.23 Å². The fourth-order valence-corrected chi connectivity index (χ4v) is 1.31. The molecule has 0 aliphatic heterocycles. The van der Waals surface area contributed by atoms with Crippen molar-refractivity contribution >= 4 is 0 Å². The second-order valence-electron chi connectivity index (χ2n) is 3.18. The lowest BCUT2D eigenvalue weighted by Crippen LogP contribution is -2.00. The molecule has 0 N–H and O–H groups in total. The lowest BCUT2D eigenvalue weighted by atomic mass is 9.99. The molecule has 1 nitrogen and oxygen atoms in total. The van der Waals surface area contributed by atoms with Crippen LogP contribution in [0.15, 0.2) is 25.0 Å². The maximum absolute atomic E-state index is 5.02. The molecule has 0 aromatic heterocycles. The first-order valence-corrected chi connectivity index (χ1v) is 4.12. The molecule has 1 aliphatic carbocycles. The Kier molecular flexibility index (Phi) is 2.75. The molecular formula is C10H16O. The molecule has 1 fully saturated rings. The van der Waals surface area contributed by atoms with Gasteiger partial charge in [0, 0.05) is 6.42 Å². The van der Waals surface area contributed by atoms with E-state index in [1.165, 1.54) is 12.8 Å². The van der Waals surface area contributed by atoms with E-state index in [1.54, 1.807) is 7.11 Å². The molecule has 1 unspecified atom stereocenters. The number of ether oxygens (including phenoxy) is 1. The maximum atomic E-state index is 5.02.